The van der Waals surface area contributed by atoms with E-state index in [-0.39, 0.29) is 0 Å². The molecule has 15 aromatic carbocycles. The maximum Gasteiger partial charge on any atom is 0.135 e. The minimum atomic E-state index is 0.878. The molecule has 0 saturated heterocycles. The van der Waals surface area contributed by atoms with Crippen molar-refractivity contribution < 1.29 is 13.3 Å². The molecule has 0 atom stereocenters. The van der Waals surface area contributed by atoms with Crippen LogP contribution in [0.4, 0.5) is 0 Å². The SMILES string of the molecule is c1cc(-c2ccc3oc4ccc(-n5c6ccccc6c6ccccc65)cc4c3c2)cc(-n2c3ccccc3c3ccccc32)c1.c1ccc2c(c1)c1ccccc1n2-c1ccc2oc3ccc(-c4ccc5oc6ccc(-n7c8ccccc8c8ccccc87)cc6c5c4)cc3c2c1. The highest BCUT2D eigenvalue weighted by Gasteiger charge is 2.21. The van der Waals surface area contributed by atoms with Crippen LogP contribution in [0, 0.1) is 0 Å². The summed E-state index contributed by atoms with van der Waals surface area (Å²) in [5, 5.41) is 16.7. The van der Waals surface area contributed by atoms with Crippen LogP contribution in [-0.2, 0) is 0 Å². The Hall–Kier alpha value is -13.1. The van der Waals surface area contributed by atoms with Crippen molar-refractivity contribution in [3.8, 4) is 45.0 Å². The molecule has 22 aromatic rings. The minimum Gasteiger partial charge on any atom is -0.456 e. The van der Waals surface area contributed by atoms with Gasteiger partial charge in [-0.3, -0.25) is 0 Å². The van der Waals surface area contributed by atoms with Gasteiger partial charge in [0.15, 0.2) is 0 Å². The molecule has 0 saturated carbocycles. The predicted octanol–water partition coefficient (Wildman–Crippen LogP) is 24.8. The van der Waals surface area contributed by atoms with Crippen molar-refractivity contribution in [1.82, 2.24) is 18.3 Å². The zero-order valence-corrected chi connectivity index (χ0v) is 52.2. The topological polar surface area (TPSA) is 59.1 Å². The lowest BCUT2D eigenvalue weighted by atomic mass is 10.0. The molecule has 0 radical (unpaired) electrons. The number of rotatable bonds is 6. The summed E-state index contributed by atoms with van der Waals surface area (Å²) in [4.78, 5) is 0. The van der Waals surface area contributed by atoms with Crippen molar-refractivity contribution >= 4 is 153 Å². The molecule has 0 fully saturated rings. The molecule has 0 N–H and O–H groups in total. The Bertz CT molecular complexity index is 6590. The molecule has 7 heteroatoms. The summed E-state index contributed by atoms with van der Waals surface area (Å²) in [6.45, 7) is 0. The summed E-state index contributed by atoms with van der Waals surface area (Å²) in [6.07, 6.45) is 0. The molecule has 0 amide bonds. The maximum absolute atomic E-state index is 6.39. The van der Waals surface area contributed by atoms with Crippen LogP contribution in [-0.4, -0.2) is 18.3 Å². The molecular weight excluding hydrogens is 1190 g/mol. The number of hydrogen-bond acceptors (Lipinski definition) is 3. The van der Waals surface area contributed by atoms with Crippen LogP contribution in [0.3, 0.4) is 0 Å². The Balaban J connectivity index is 0.000000130. The van der Waals surface area contributed by atoms with Gasteiger partial charge >= 0.3 is 0 Å². The van der Waals surface area contributed by atoms with Gasteiger partial charge in [0.2, 0.25) is 0 Å². The zero-order valence-electron chi connectivity index (χ0n) is 52.2. The van der Waals surface area contributed by atoms with Crippen molar-refractivity contribution in [2.75, 3.05) is 0 Å². The molecule has 7 heterocycles. The Morgan fingerprint density at radius 1 is 0.144 bits per heavy atom. The summed E-state index contributed by atoms with van der Waals surface area (Å²) in [5.74, 6) is 0. The van der Waals surface area contributed by atoms with E-state index < -0.39 is 0 Å². The fourth-order valence-corrected chi connectivity index (χ4v) is 15.9. The molecule has 0 unspecified atom stereocenters. The summed E-state index contributed by atoms with van der Waals surface area (Å²) in [6, 6.07) is 117. The third-order valence-electron chi connectivity index (χ3n) is 20.2. The number of furan rings is 3. The van der Waals surface area contributed by atoms with Crippen molar-refractivity contribution in [2.45, 2.75) is 0 Å². The Kier molecular flexibility index (Phi) is 11.4. The lowest BCUT2D eigenvalue weighted by molar-refractivity contribution is 0.668. The molecule has 97 heavy (non-hydrogen) atoms. The van der Waals surface area contributed by atoms with E-state index in [1.54, 1.807) is 0 Å². The second kappa shape index (κ2) is 20.7. The molecule has 7 nitrogen and oxygen atoms in total. The second-order valence-electron chi connectivity index (χ2n) is 25.5. The van der Waals surface area contributed by atoms with Gasteiger partial charge < -0.3 is 31.5 Å². The Morgan fingerprint density at radius 3 is 0.608 bits per heavy atom. The predicted molar refractivity (Wildman–Crippen MR) is 403 cm³/mol. The van der Waals surface area contributed by atoms with Crippen molar-refractivity contribution in [1.29, 1.82) is 0 Å². The average Bonchev–Trinajstić information content (AvgIpc) is 1.61. The van der Waals surface area contributed by atoms with Crippen LogP contribution < -0.4 is 0 Å². The molecule has 0 bridgehead atoms. The van der Waals surface area contributed by atoms with Crippen LogP contribution in [0.5, 0.6) is 0 Å². The Labute approximate surface area is 553 Å². The largest absolute Gasteiger partial charge is 0.456 e. The van der Waals surface area contributed by atoms with Crippen molar-refractivity contribution in [3.05, 3.63) is 328 Å². The van der Waals surface area contributed by atoms with Crippen LogP contribution in [0.2, 0.25) is 0 Å². The van der Waals surface area contributed by atoms with Crippen LogP contribution in [0.25, 0.3) is 198 Å². The highest BCUT2D eigenvalue weighted by Crippen LogP contribution is 2.43. The van der Waals surface area contributed by atoms with Gasteiger partial charge in [-0.05, 0) is 174 Å². The normalized spacial score (nSPS) is 12.1. The van der Waals surface area contributed by atoms with E-state index in [2.05, 4.69) is 346 Å². The van der Waals surface area contributed by atoms with E-state index in [1.807, 2.05) is 0 Å². The number of para-hydroxylation sites is 8. The van der Waals surface area contributed by atoms with Gasteiger partial charge in [-0.1, -0.05) is 176 Å². The second-order valence-corrected chi connectivity index (χ2v) is 25.5. The molecule has 0 aliphatic rings. The van der Waals surface area contributed by atoms with Crippen LogP contribution in [0.15, 0.2) is 341 Å². The van der Waals surface area contributed by atoms with Gasteiger partial charge in [0.1, 0.15) is 33.5 Å². The molecule has 0 aliphatic heterocycles. The minimum absolute atomic E-state index is 0.878. The number of nitrogens with zero attached hydrogens (tertiary/aromatic N) is 4. The van der Waals surface area contributed by atoms with Gasteiger partial charge in [0.25, 0.3) is 0 Å². The molecule has 0 aliphatic carbocycles. The smallest absolute Gasteiger partial charge is 0.135 e. The van der Waals surface area contributed by atoms with E-state index in [4.69, 9.17) is 13.3 Å². The maximum atomic E-state index is 6.39. The first-order valence-corrected chi connectivity index (χ1v) is 33.0. The lowest BCUT2D eigenvalue weighted by Gasteiger charge is -2.10. The van der Waals surface area contributed by atoms with E-state index in [9.17, 15) is 0 Å². The highest BCUT2D eigenvalue weighted by atomic mass is 16.3. The third kappa shape index (κ3) is 8.09. The first-order valence-electron chi connectivity index (χ1n) is 33.0. The fourth-order valence-electron chi connectivity index (χ4n) is 15.9. The van der Waals surface area contributed by atoms with E-state index >= 15 is 0 Å². The fraction of sp³-hybridized carbons (Fsp3) is 0. The quantitative estimate of drug-likeness (QED) is 0.167. The summed E-state index contributed by atoms with van der Waals surface area (Å²) < 4.78 is 28.6. The first kappa shape index (κ1) is 53.4. The summed E-state index contributed by atoms with van der Waals surface area (Å²) in [5.41, 5.74) is 24.0. The van der Waals surface area contributed by atoms with Crippen LogP contribution in [0.1, 0.15) is 0 Å². The van der Waals surface area contributed by atoms with Crippen molar-refractivity contribution in [2.24, 2.45) is 0 Å². The standard InChI is InChI=1S/C48H28N2O2.C42H26N2O/c1-5-13-41-33(9-1)34-10-2-6-14-42(34)49(41)31-19-23-47-39(27-31)37-25-29(17-21-45(37)51-47)30-18-22-46-38(26-30)40-28-32(20-24-48(40)52-46)50-43-15-7-3-11-35(43)36-12-4-8-16-44(36)50;1-5-16-37-31(12-1)32-13-2-6-17-38(32)43(37)29-11-9-10-27(24-29)28-20-22-41-35(25-28)36-26-30(21-23-42(36)45-41)44-39-18-7-3-14-33(39)34-15-4-8-19-40(34)44/h1-28H;1-26H. The van der Waals surface area contributed by atoms with Crippen molar-refractivity contribution in [3.63, 3.8) is 0 Å². The number of aromatic nitrogens is 4. The molecular formula is C90H54N4O3. The van der Waals surface area contributed by atoms with Gasteiger partial charge in [0, 0.05) is 98.2 Å². The highest BCUT2D eigenvalue weighted by molar-refractivity contribution is 6.16. The van der Waals surface area contributed by atoms with E-state index in [1.165, 1.54) is 92.8 Å². The van der Waals surface area contributed by atoms with Gasteiger partial charge in [-0.2, -0.15) is 0 Å². The van der Waals surface area contributed by atoms with Gasteiger partial charge in [0.05, 0.1) is 44.1 Å². The number of fused-ring (bicyclic) bond motifs is 21. The number of benzene rings is 15. The molecule has 22 rings (SSSR count). The molecule has 7 aromatic heterocycles. The first-order chi connectivity index (χ1) is 48.1. The van der Waals surface area contributed by atoms with E-state index in [0.717, 1.165) is 105 Å². The number of hydrogen-bond donors (Lipinski definition) is 0. The van der Waals surface area contributed by atoms with Gasteiger partial charge in [-0.15, -0.1) is 0 Å². The summed E-state index contributed by atoms with van der Waals surface area (Å²) in [7, 11) is 0. The molecule has 0 spiro atoms. The third-order valence-corrected chi connectivity index (χ3v) is 20.2. The summed E-state index contributed by atoms with van der Waals surface area (Å²) >= 11 is 0. The zero-order chi connectivity index (χ0) is 63.4. The van der Waals surface area contributed by atoms with Crippen LogP contribution >= 0.6 is 0 Å². The van der Waals surface area contributed by atoms with Gasteiger partial charge in [-0.25, -0.2) is 0 Å². The Morgan fingerprint density at radius 2 is 0.351 bits per heavy atom. The lowest BCUT2D eigenvalue weighted by Crippen LogP contribution is -1.94. The van der Waals surface area contributed by atoms with E-state index in [0.29, 0.717) is 0 Å². The average molecular weight is 1240 g/mol. The monoisotopic (exact) mass is 1240 g/mol. The molecule has 452 valence electrons.